The van der Waals surface area contributed by atoms with Crippen LogP contribution in [-0.2, 0) is 20.3 Å². The van der Waals surface area contributed by atoms with Gasteiger partial charge in [0.1, 0.15) is 0 Å². The summed E-state index contributed by atoms with van der Waals surface area (Å²) in [6.45, 7) is 1.14. The molecule has 0 radical (unpaired) electrons. The molecule has 0 amide bonds. The maximum absolute atomic E-state index is 13.0. The predicted molar refractivity (Wildman–Crippen MR) is 83.1 cm³/mol. The molecule has 2 bridgehead atoms. The van der Waals surface area contributed by atoms with Crippen molar-refractivity contribution >= 4 is 16.6 Å². The molecule has 5 heteroatoms. The Hall–Kier alpha value is -1.04. The highest BCUT2D eigenvalue weighted by Crippen LogP contribution is 2.40. The van der Waals surface area contributed by atoms with Crippen LogP contribution >= 0.6 is 0 Å². The lowest BCUT2D eigenvalue weighted by Gasteiger charge is -2.27. The summed E-state index contributed by atoms with van der Waals surface area (Å²) in [5.74, 6) is 0.168. The van der Waals surface area contributed by atoms with Gasteiger partial charge in [0.05, 0.1) is 13.2 Å². The van der Waals surface area contributed by atoms with E-state index in [-0.39, 0.29) is 22.2 Å². The minimum Gasteiger partial charge on any atom is -0.346 e. The first-order valence-corrected chi connectivity index (χ1v) is 9.27. The van der Waals surface area contributed by atoms with Gasteiger partial charge in [-0.15, -0.1) is 0 Å². The highest BCUT2D eigenvalue weighted by molar-refractivity contribution is 7.86. The maximum atomic E-state index is 13.0. The molecule has 0 N–H and O–H groups in total. The lowest BCUT2D eigenvalue weighted by Crippen LogP contribution is -2.32. The van der Waals surface area contributed by atoms with Crippen LogP contribution < -0.4 is 0 Å². The number of hydrogen-bond acceptors (Lipinski definition) is 4. The van der Waals surface area contributed by atoms with Gasteiger partial charge >= 0.3 is 0 Å². The van der Waals surface area contributed by atoms with Crippen LogP contribution in [0.25, 0.3) is 0 Å². The van der Waals surface area contributed by atoms with Crippen molar-refractivity contribution < 1.29 is 18.5 Å². The van der Waals surface area contributed by atoms with Crippen LogP contribution in [0.15, 0.2) is 24.3 Å². The summed E-state index contributed by atoms with van der Waals surface area (Å²) in [7, 11) is -0.721. The molecule has 0 aliphatic carbocycles. The van der Waals surface area contributed by atoms with Crippen molar-refractivity contribution in [3.05, 3.63) is 35.4 Å². The fraction of sp³-hybridized carbons (Fsp3) is 0.588. The molecule has 22 heavy (non-hydrogen) atoms. The molecule has 3 heterocycles. The Morgan fingerprint density at radius 1 is 1.05 bits per heavy atom. The van der Waals surface area contributed by atoms with Crippen molar-refractivity contribution in [1.82, 2.24) is 0 Å². The Labute approximate surface area is 132 Å². The molecule has 3 saturated heterocycles. The molecule has 118 valence electrons. The second kappa shape index (κ2) is 5.87. The smallest absolute Gasteiger partial charge is 0.184 e. The van der Waals surface area contributed by atoms with Crippen LogP contribution in [0, 0.1) is 5.92 Å². The van der Waals surface area contributed by atoms with E-state index in [1.54, 1.807) is 0 Å². The lowest BCUT2D eigenvalue weighted by atomic mass is 9.88. The quantitative estimate of drug-likeness (QED) is 0.803. The van der Waals surface area contributed by atoms with E-state index in [1.807, 2.05) is 24.3 Å². The van der Waals surface area contributed by atoms with E-state index in [2.05, 4.69) is 0 Å². The number of rotatable bonds is 3. The van der Waals surface area contributed by atoms with E-state index in [4.69, 9.17) is 9.47 Å². The van der Waals surface area contributed by atoms with Crippen molar-refractivity contribution in [2.24, 2.45) is 5.92 Å². The van der Waals surface area contributed by atoms with E-state index in [0.717, 1.165) is 31.2 Å². The van der Waals surface area contributed by atoms with Crippen molar-refractivity contribution in [3.63, 3.8) is 0 Å². The first-order valence-electron chi connectivity index (χ1n) is 8.00. The highest BCUT2D eigenvalue weighted by Gasteiger charge is 2.43. The van der Waals surface area contributed by atoms with Crippen LogP contribution in [0.1, 0.15) is 47.9 Å². The molecular formula is C17H20O4S. The topological polar surface area (TPSA) is 52.6 Å². The van der Waals surface area contributed by atoms with Gasteiger partial charge in [0, 0.05) is 38.3 Å². The predicted octanol–water partition coefficient (Wildman–Crippen LogP) is 2.60. The monoisotopic (exact) mass is 320 g/mol. The second-order valence-electron chi connectivity index (χ2n) is 6.34. The molecular weight excluding hydrogens is 300 g/mol. The Balaban J connectivity index is 1.59. The van der Waals surface area contributed by atoms with Crippen LogP contribution in [-0.4, -0.2) is 33.7 Å². The first-order chi connectivity index (χ1) is 10.7. The molecule has 2 unspecified atom stereocenters. The number of ketones is 1. The summed E-state index contributed by atoms with van der Waals surface area (Å²) in [5, 5.41) is 0.442. The minimum atomic E-state index is -0.721. The summed E-state index contributed by atoms with van der Waals surface area (Å²) >= 11 is 0. The van der Waals surface area contributed by atoms with Gasteiger partial charge in [-0.1, -0.05) is 24.3 Å². The zero-order valence-corrected chi connectivity index (χ0v) is 13.2. The summed E-state index contributed by atoms with van der Waals surface area (Å²) < 4.78 is 23.3. The molecule has 3 fully saturated rings. The Morgan fingerprint density at radius 3 is 2.36 bits per heavy atom. The van der Waals surface area contributed by atoms with Gasteiger partial charge in [-0.2, -0.15) is 0 Å². The summed E-state index contributed by atoms with van der Waals surface area (Å²) in [6.07, 6.45) is 3.13. The zero-order chi connectivity index (χ0) is 15.1. The normalized spacial score (nSPS) is 34.9. The van der Waals surface area contributed by atoms with E-state index in [9.17, 15) is 9.00 Å². The maximum Gasteiger partial charge on any atom is 0.184 e. The Bertz CT molecular complexity index is 592. The van der Waals surface area contributed by atoms with Crippen molar-refractivity contribution in [3.8, 4) is 0 Å². The molecule has 0 saturated carbocycles. The van der Waals surface area contributed by atoms with Crippen molar-refractivity contribution in [2.75, 3.05) is 13.2 Å². The summed E-state index contributed by atoms with van der Waals surface area (Å²) in [4.78, 5) is 13.0. The number of carbonyl (C=O) groups is 1. The molecule has 0 aromatic heterocycles. The van der Waals surface area contributed by atoms with Crippen LogP contribution in [0.5, 0.6) is 0 Å². The molecule has 4 nitrogen and oxygen atoms in total. The van der Waals surface area contributed by atoms with Gasteiger partial charge < -0.3 is 9.47 Å². The van der Waals surface area contributed by atoms with Gasteiger partial charge in [-0.25, -0.2) is 0 Å². The number of fused-ring (bicyclic) bond motifs is 2. The van der Waals surface area contributed by atoms with Crippen LogP contribution in [0.4, 0.5) is 0 Å². The Kier molecular flexibility index (Phi) is 3.88. The molecule has 3 aliphatic rings. The largest absolute Gasteiger partial charge is 0.346 e. The van der Waals surface area contributed by atoms with Crippen LogP contribution in [0.3, 0.4) is 0 Å². The highest BCUT2D eigenvalue weighted by atomic mass is 32.2. The third kappa shape index (κ3) is 2.45. The molecule has 3 aliphatic heterocycles. The molecule has 2 atom stereocenters. The van der Waals surface area contributed by atoms with Gasteiger partial charge in [0.2, 0.25) is 0 Å². The number of hydrogen-bond donors (Lipinski definition) is 0. The van der Waals surface area contributed by atoms with Gasteiger partial charge in [-0.05, 0) is 25.7 Å². The average Bonchev–Trinajstić information content (AvgIpc) is 3.13. The molecule has 4 rings (SSSR count). The van der Waals surface area contributed by atoms with E-state index < -0.39 is 17.1 Å². The van der Waals surface area contributed by atoms with E-state index in [0.29, 0.717) is 18.8 Å². The number of ether oxygens (including phenoxy) is 2. The van der Waals surface area contributed by atoms with Crippen LogP contribution in [0.2, 0.25) is 0 Å². The molecule has 1 aromatic rings. The number of Topliss-reactive ketones (excluding diaryl/α,β-unsaturated/α-hetero) is 1. The third-order valence-corrected chi connectivity index (χ3v) is 7.21. The number of carbonyl (C=O) groups excluding carboxylic acids is 1. The van der Waals surface area contributed by atoms with Gasteiger partial charge in [0.15, 0.2) is 12.1 Å². The minimum absolute atomic E-state index is 0.00208. The molecule has 0 spiro atoms. The van der Waals surface area contributed by atoms with E-state index >= 15 is 0 Å². The lowest BCUT2D eigenvalue weighted by molar-refractivity contribution is -0.0445. The van der Waals surface area contributed by atoms with E-state index in [1.165, 1.54) is 0 Å². The standard InChI is InChI=1S/C17H20O4S/c18-16(11-9-12-5-6-13(10-11)22(12)19)14-3-1-2-4-15(14)17-20-7-8-21-17/h1-4,11-13,17H,5-10H2. The van der Waals surface area contributed by atoms with Gasteiger partial charge in [0.25, 0.3) is 0 Å². The SMILES string of the molecule is O=C(c1ccccc1C1OCCO1)C1CC2CCC(C1)S2=O. The van der Waals surface area contributed by atoms with Crippen molar-refractivity contribution in [1.29, 1.82) is 0 Å². The average molecular weight is 320 g/mol. The Morgan fingerprint density at radius 2 is 1.68 bits per heavy atom. The summed E-state index contributed by atoms with van der Waals surface area (Å²) in [5.41, 5.74) is 1.55. The summed E-state index contributed by atoms with van der Waals surface area (Å²) in [6, 6.07) is 7.59. The first kappa shape index (κ1) is 14.5. The second-order valence-corrected chi connectivity index (χ2v) is 8.33. The zero-order valence-electron chi connectivity index (χ0n) is 12.4. The third-order valence-electron chi connectivity index (χ3n) is 5.04. The number of benzene rings is 1. The van der Waals surface area contributed by atoms with Gasteiger partial charge in [-0.3, -0.25) is 9.00 Å². The van der Waals surface area contributed by atoms with Crippen molar-refractivity contribution in [2.45, 2.75) is 42.5 Å². The molecule has 1 aromatic carbocycles. The fourth-order valence-electron chi connectivity index (χ4n) is 3.93. The fourth-order valence-corrected chi connectivity index (χ4v) is 6.06.